The maximum Gasteiger partial charge on any atom is 0.149 e. The summed E-state index contributed by atoms with van der Waals surface area (Å²) in [5.74, 6) is 0.613. The van der Waals surface area contributed by atoms with Crippen molar-refractivity contribution in [2.75, 3.05) is 38.1 Å². The first-order chi connectivity index (χ1) is 12.7. The van der Waals surface area contributed by atoms with E-state index >= 15 is 0 Å². The predicted octanol–water partition coefficient (Wildman–Crippen LogP) is 3.38. The van der Waals surface area contributed by atoms with E-state index < -0.39 is 0 Å². The van der Waals surface area contributed by atoms with Crippen molar-refractivity contribution in [3.63, 3.8) is 0 Å². The quantitative estimate of drug-likeness (QED) is 0.741. The molecule has 1 fully saturated rings. The minimum absolute atomic E-state index is 0.544. The highest BCUT2D eigenvalue weighted by atomic mass is 15.2. The zero-order valence-corrected chi connectivity index (χ0v) is 14.8. The molecule has 1 aliphatic heterocycles. The lowest BCUT2D eigenvalue weighted by Gasteiger charge is -2.34. The van der Waals surface area contributed by atoms with Gasteiger partial charge in [0.1, 0.15) is 11.9 Å². The zero-order chi connectivity index (χ0) is 17.9. The number of rotatable bonds is 3. The van der Waals surface area contributed by atoms with E-state index in [0.717, 1.165) is 42.8 Å². The molecule has 0 saturated carbocycles. The molecule has 5 heteroatoms. The van der Waals surface area contributed by atoms with Crippen LogP contribution < -0.4 is 4.90 Å². The SMILES string of the molecule is CN1CCN(c2ccccc2C=C(C#N)c2nc3ccccc3[nH]2)CC1. The van der Waals surface area contributed by atoms with Gasteiger partial charge in [-0.25, -0.2) is 4.98 Å². The van der Waals surface area contributed by atoms with Crippen LogP contribution in [-0.2, 0) is 0 Å². The number of anilines is 1. The van der Waals surface area contributed by atoms with Gasteiger partial charge in [-0.15, -0.1) is 0 Å². The van der Waals surface area contributed by atoms with Crippen LogP contribution >= 0.6 is 0 Å². The molecule has 0 atom stereocenters. The van der Waals surface area contributed by atoms with Gasteiger partial charge >= 0.3 is 0 Å². The van der Waals surface area contributed by atoms with Gasteiger partial charge in [-0.1, -0.05) is 30.3 Å². The molecule has 0 bridgehead atoms. The summed E-state index contributed by atoms with van der Waals surface area (Å²) in [4.78, 5) is 12.5. The number of allylic oxidation sites excluding steroid dienone is 1. The maximum absolute atomic E-state index is 9.70. The highest BCUT2D eigenvalue weighted by Crippen LogP contribution is 2.26. The van der Waals surface area contributed by atoms with Crippen molar-refractivity contribution in [3.05, 3.63) is 59.9 Å². The molecular weight excluding hydrogens is 322 g/mol. The van der Waals surface area contributed by atoms with Crippen LogP contribution in [0.2, 0.25) is 0 Å². The first-order valence-corrected chi connectivity index (χ1v) is 8.84. The number of aromatic amines is 1. The van der Waals surface area contributed by atoms with Crippen molar-refractivity contribution in [3.8, 4) is 6.07 Å². The van der Waals surface area contributed by atoms with Gasteiger partial charge in [0.2, 0.25) is 0 Å². The summed E-state index contributed by atoms with van der Waals surface area (Å²) in [5, 5.41) is 9.70. The van der Waals surface area contributed by atoms with E-state index in [1.807, 2.05) is 36.4 Å². The molecule has 0 unspecified atom stereocenters. The molecular formula is C21H21N5. The molecule has 1 aromatic heterocycles. The third kappa shape index (κ3) is 3.19. The van der Waals surface area contributed by atoms with Crippen molar-refractivity contribution >= 4 is 28.4 Å². The van der Waals surface area contributed by atoms with Crippen LogP contribution in [0.25, 0.3) is 22.7 Å². The maximum atomic E-state index is 9.70. The van der Waals surface area contributed by atoms with E-state index in [4.69, 9.17) is 0 Å². The van der Waals surface area contributed by atoms with Crippen LogP contribution in [0.1, 0.15) is 11.4 Å². The number of nitriles is 1. The topological polar surface area (TPSA) is 58.9 Å². The van der Waals surface area contributed by atoms with Crippen molar-refractivity contribution < 1.29 is 0 Å². The Morgan fingerprint density at radius 3 is 2.58 bits per heavy atom. The number of para-hydroxylation sites is 3. The van der Waals surface area contributed by atoms with E-state index in [0.29, 0.717) is 11.4 Å². The molecule has 1 N–H and O–H groups in total. The smallest absolute Gasteiger partial charge is 0.149 e. The molecule has 1 saturated heterocycles. The zero-order valence-electron chi connectivity index (χ0n) is 14.8. The Morgan fingerprint density at radius 2 is 1.81 bits per heavy atom. The number of piperazine rings is 1. The summed E-state index contributed by atoms with van der Waals surface area (Å²) in [6.45, 7) is 4.08. The fourth-order valence-corrected chi connectivity index (χ4v) is 3.33. The molecule has 4 rings (SSSR count). The molecule has 130 valence electrons. The van der Waals surface area contributed by atoms with Crippen LogP contribution in [0.5, 0.6) is 0 Å². The number of hydrogen-bond acceptors (Lipinski definition) is 4. The Bertz CT molecular complexity index is 954. The molecule has 0 amide bonds. The minimum atomic E-state index is 0.544. The average molecular weight is 343 g/mol. The predicted molar refractivity (Wildman–Crippen MR) is 106 cm³/mol. The molecule has 2 heterocycles. The van der Waals surface area contributed by atoms with Crippen molar-refractivity contribution in [1.82, 2.24) is 14.9 Å². The molecule has 5 nitrogen and oxygen atoms in total. The summed E-state index contributed by atoms with van der Waals surface area (Å²) < 4.78 is 0. The average Bonchev–Trinajstić information content (AvgIpc) is 3.11. The van der Waals surface area contributed by atoms with Crippen LogP contribution in [0.15, 0.2) is 48.5 Å². The highest BCUT2D eigenvalue weighted by Gasteiger charge is 2.17. The number of hydrogen-bond donors (Lipinski definition) is 1. The van der Waals surface area contributed by atoms with E-state index in [1.54, 1.807) is 0 Å². The molecule has 2 aromatic carbocycles. The normalized spacial score (nSPS) is 16.0. The Balaban J connectivity index is 1.71. The van der Waals surface area contributed by atoms with Crippen molar-refractivity contribution in [2.45, 2.75) is 0 Å². The van der Waals surface area contributed by atoms with Crippen LogP contribution in [-0.4, -0.2) is 48.1 Å². The largest absolute Gasteiger partial charge is 0.368 e. The lowest BCUT2D eigenvalue weighted by molar-refractivity contribution is 0.313. The van der Waals surface area contributed by atoms with Gasteiger partial charge in [0, 0.05) is 31.9 Å². The minimum Gasteiger partial charge on any atom is -0.368 e. The van der Waals surface area contributed by atoms with Crippen LogP contribution in [0.4, 0.5) is 5.69 Å². The number of benzene rings is 2. The second kappa shape index (κ2) is 7.03. The fourth-order valence-electron chi connectivity index (χ4n) is 3.33. The van der Waals surface area contributed by atoms with Gasteiger partial charge in [0.05, 0.1) is 16.6 Å². The van der Waals surface area contributed by atoms with Gasteiger partial charge in [-0.05, 0) is 36.9 Å². The molecule has 0 spiro atoms. The number of likely N-dealkylation sites (N-methyl/N-ethyl adjacent to an activating group) is 1. The van der Waals surface area contributed by atoms with Crippen molar-refractivity contribution in [1.29, 1.82) is 5.26 Å². The number of nitrogens with one attached hydrogen (secondary N) is 1. The Kier molecular flexibility index (Phi) is 4.42. The van der Waals surface area contributed by atoms with Gasteiger partial charge in [-0.2, -0.15) is 5.26 Å². The molecule has 26 heavy (non-hydrogen) atoms. The van der Waals surface area contributed by atoms with Crippen LogP contribution in [0, 0.1) is 11.3 Å². The summed E-state index contributed by atoms with van der Waals surface area (Å²) >= 11 is 0. The number of H-pyrrole nitrogens is 1. The Morgan fingerprint density at radius 1 is 1.08 bits per heavy atom. The number of nitrogens with zero attached hydrogens (tertiary/aromatic N) is 4. The third-order valence-electron chi connectivity index (χ3n) is 4.85. The Hall–Kier alpha value is -3.10. The van der Waals surface area contributed by atoms with Gasteiger partial charge in [0.25, 0.3) is 0 Å². The van der Waals surface area contributed by atoms with Gasteiger partial charge in [-0.3, -0.25) is 0 Å². The van der Waals surface area contributed by atoms with E-state index in [9.17, 15) is 5.26 Å². The first-order valence-electron chi connectivity index (χ1n) is 8.84. The third-order valence-corrected chi connectivity index (χ3v) is 4.85. The molecule has 3 aromatic rings. The highest BCUT2D eigenvalue weighted by molar-refractivity contribution is 5.92. The lowest BCUT2D eigenvalue weighted by Crippen LogP contribution is -2.44. The lowest BCUT2D eigenvalue weighted by atomic mass is 10.1. The fraction of sp³-hybridized carbons (Fsp3) is 0.238. The summed E-state index contributed by atoms with van der Waals surface area (Å²) in [7, 11) is 2.15. The van der Waals surface area contributed by atoms with E-state index in [1.165, 1.54) is 5.69 Å². The standard InChI is InChI=1S/C21H21N5/c1-25-10-12-26(13-11-25)20-9-5-2-6-16(20)14-17(15-22)21-23-18-7-3-4-8-19(18)24-21/h2-9,14H,10-13H2,1H3,(H,23,24). The number of aromatic nitrogens is 2. The summed E-state index contributed by atoms with van der Waals surface area (Å²) in [6.07, 6.45) is 1.94. The van der Waals surface area contributed by atoms with E-state index in [-0.39, 0.29) is 0 Å². The monoisotopic (exact) mass is 343 g/mol. The summed E-state index contributed by atoms with van der Waals surface area (Å²) in [6, 6.07) is 18.4. The van der Waals surface area contributed by atoms with Crippen molar-refractivity contribution in [2.24, 2.45) is 0 Å². The Labute approximate surface area is 153 Å². The molecule has 0 radical (unpaired) electrons. The number of fused-ring (bicyclic) bond motifs is 1. The summed E-state index contributed by atoms with van der Waals surface area (Å²) in [5.41, 5.74) is 4.58. The van der Waals surface area contributed by atoms with Crippen LogP contribution in [0.3, 0.4) is 0 Å². The van der Waals surface area contributed by atoms with Gasteiger partial charge < -0.3 is 14.8 Å². The second-order valence-electron chi connectivity index (χ2n) is 6.62. The number of imidazole rings is 1. The van der Waals surface area contributed by atoms with Gasteiger partial charge in [0.15, 0.2) is 0 Å². The molecule has 0 aliphatic carbocycles. The molecule has 1 aliphatic rings. The first kappa shape index (κ1) is 16.4. The van der Waals surface area contributed by atoms with E-state index in [2.05, 4.69) is 51.1 Å². The second-order valence-corrected chi connectivity index (χ2v) is 6.62.